The fourth-order valence-corrected chi connectivity index (χ4v) is 8.65. The molecular formula is C61H112O6. The van der Waals surface area contributed by atoms with Crippen molar-refractivity contribution in [2.45, 2.75) is 322 Å². The molecule has 0 aliphatic rings. The zero-order chi connectivity index (χ0) is 48.6. The first-order chi connectivity index (χ1) is 33.0. The Morgan fingerprint density at radius 2 is 0.537 bits per heavy atom. The summed E-state index contributed by atoms with van der Waals surface area (Å²) in [5.74, 6) is -0.875. The number of allylic oxidation sites excluding steroid dienone is 6. The first-order valence-electron chi connectivity index (χ1n) is 29.5. The first-order valence-corrected chi connectivity index (χ1v) is 29.5. The molecule has 0 fully saturated rings. The van der Waals surface area contributed by atoms with Crippen LogP contribution in [0.5, 0.6) is 0 Å². The van der Waals surface area contributed by atoms with Gasteiger partial charge in [-0.3, -0.25) is 14.4 Å². The molecule has 6 nitrogen and oxygen atoms in total. The van der Waals surface area contributed by atoms with Gasteiger partial charge in [-0.15, -0.1) is 0 Å². The molecule has 0 rings (SSSR count). The number of carbonyl (C=O) groups is 3. The second-order valence-corrected chi connectivity index (χ2v) is 19.9. The standard InChI is InChI=1S/C61H112O6/c1-4-7-10-13-16-19-22-25-28-29-30-31-34-37-40-43-46-49-52-55-61(64)67-58(56-65-59(62)53-50-47-44-41-38-35-32-26-23-20-17-14-11-8-5-2)57-66-60(63)54-51-48-45-42-39-36-33-27-24-21-18-15-12-9-6-3/h17,20-21,24,26,32,58H,4-16,18-19,22-23,25,27-31,33-57H2,1-3H3/b20-17-,24-21-,32-26-/t58-/m1/s1. The second-order valence-electron chi connectivity index (χ2n) is 19.9. The molecule has 0 aromatic heterocycles. The quantitative estimate of drug-likeness (QED) is 0.0262. The lowest BCUT2D eigenvalue weighted by Crippen LogP contribution is -2.30. The van der Waals surface area contributed by atoms with Crippen LogP contribution in [0, 0.1) is 0 Å². The third-order valence-corrected chi connectivity index (χ3v) is 13.1. The van der Waals surface area contributed by atoms with Gasteiger partial charge in [0.05, 0.1) is 0 Å². The minimum atomic E-state index is -0.777. The molecule has 0 unspecified atom stereocenters. The molecular weight excluding hydrogens is 829 g/mol. The van der Waals surface area contributed by atoms with Gasteiger partial charge < -0.3 is 14.2 Å². The number of esters is 3. The number of carbonyl (C=O) groups excluding carboxylic acids is 3. The van der Waals surface area contributed by atoms with Crippen LogP contribution in [-0.2, 0) is 28.6 Å². The van der Waals surface area contributed by atoms with Crippen LogP contribution >= 0.6 is 0 Å². The van der Waals surface area contributed by atoms with Crippen molar-refractivity contribution in [3.8, 4) is 0 Å². The predicted octanol–water partition coefficient (Wildman–Crippen LogP) is 19.7. The van der Waals surface area contributed by atoms with Gasteiger partial charge in [-0.05, 0) is 77.0 Å². The van der Waals surface area contributed by atoms with E-state index in [1.807, 2.05) is 0 Å². The van der Waals surface area contributed by atoms with Gasteiger partial charge in [-0.1, -0.05) is 256 Å². The monoisotopic (exact) mass is 941 g/mol. The van der Waals surface area contributed by atoms with Crippen LogP contribution in [0.15, 0.2) is 36.5 Å². The molecule has 6 heteroatoms. The normalized spacial score (nSPS) is 12.2. The Kier molecular flexibility index (Phi) is 54.2. The highest BCUT2D eigenvalue weighted by Crippen LogP contribution is 2.17. The van der Waals surface area contributed by atoms with Gasteiger partial charge >= 0.3 is 17.9 Å². The molecule has 0 aromatic carbocycles. The number of ether oxygens (including phenoxy) is 3. The molecule has 0 bridgehead atoms. The average molecular weight is 942 g/mol. The van der Waals surface area contributed by atoms with Gasteiger partial charge in [0.15, 0.2) is 6.10 Å². The number of unbranched alkanes of at least 4 members (excludes halogenated alkanes) is 37. The molecule has 0 aromatic rings. The molecule has 67 heavy (non-hydrogen) atoms. The van der Waals surface area contributed by atoms with Crippen LogP contribution in [-0.4, -0.2) is 37.2 Å². The van der Waals surface area contributed by atoms with E-state index in [0.717, 1.165) is 77.0 Å². The van der Waals surface area contributed by atoms with E-state index in [2.05, 4.69) is 57.2 Å². The van der Waals surface area contributed by atoms with Crippen molar-refractivity contribution >= 4 is 17.9 Å². The Hall–Kier alpha value is -2.37. The van der Waals surface area contributed by atoms with E-state index < -0.39 is 6.10 Å². The molecule has 0 aliphatic carbocycles. The van der Waals surface area contributed by atoms with E-state index in [1.165, 1.54) is 199 Å². The van der Waals surface area contributed by atoms with Crippen LogP contribution in [0.2, 0.25) is 0 Å². The third-order valence-electron chi connectivity index (χ3n) is 13.1. The summed E-state index contributed by atoms with van der Waals surface area (Å²) in [6.45, 7) is 6.63. The molecule has 0 radical (unpaired) electrons. The first kappa shape index (κ1) is 64.6. The third kappa shape index (κ3) is 54.4. The lowest BCUT2D eigenvalue weighted by Gasteiger charge is -2.18. The molecule has 0 spiro atoms. The van der Waals surface area contributed by atoms with Gasteiger partial charge in [0.2, 0.25) is 0 Å². The maximum absolute atomic E-state index is 12.9. The van der Waals surface area contributed by atoms with Crippen LogP contribution in [0.3, 0.4) is 0 Å². The van der Waals surface area contributed by atoms with Crippen LogP contribution in [0.1, 0.15) is 316 Å². The summed E-state index contributed by atoms with van der Waals surface area (Å²) in [5, 5.41) is 0. The van der Waals surface area contributed by atoms with Crippen molar-refractivity contribution in [2.24, 2.45) is 0 Å². The number of rotatable bonds is 54. The van der Waals surface area contributed by atoms with Crippen molar-refractivity contribution in [3.05, 3.63) is 36.5 Å². The van der Waals surface area contributed by atoms with Crippen molar-refractivity contribution in [3.63, 3.8) is 0 Å². The summed E-state index contributed by atoms with van der Waals surface area (Å²) in [7, 11) is 0. The summed E-state index contributed by atoms with van der Waals surface area (Å²) in [6.07, 6.45) is 67.0. The molecule has 0 heterocycles. The fraction of sp³-hybridized carbons (Fsp3) is 0.852. The highest BCUT2D eigenvalue weighted by molar-refractivity contribution is 5.71. The molecule has 0 saturated carbocycles. The lowest BCUT2D eigenvalue weighted by molar-refractivity contribution is -0.167. The lowest BCUT2D eigenvalue weighted by atomic mass is 10.0. The average Bonchev–Trinajstić information content (AvgIpc) is 3.33. The molecule has 1 atom stereocenters. The largest absolute Gasteiger partial charge is 0.462 e. The van der Waals surface area contributed by atoms with Crippen LogP contribution in [0.4, 0.5) is 0 Å². The molecule has 0 saturated heterocycles. The summed E-state index contributed by atoms with van der Waals surface area (Å²) < 4.78 is 16.9. The molecule has 0 aliphatic heterocycles. The van der Waals surface area contributed by atoms with E-state index in [1.54, 1.807) is 0 Å². The van der Waals surface area contributed by atoms with Crippen molar-refractivity contribution in [2.75, 3.05) is 13.2 Å². The Morgan fingerprint density at radius 3 is 0.881 bits per heavy atom. The van der Waals surface area contributed by atoms with Crippen molar-refractivity contribution in [1.29, 1.82) is 0 Å². The maximum atomic E-state index is 12.9. The zero-order valence-corrected chi connectivity index (χ0v) is 44.9. The minimum absolute atomic E-state index is 0.0755. The van der Waals surface area contributed by atoms with Gasteiger partial charge in [0.1, 0.15) is 13.2 Å². The topological polar surface area (TPSA) is 78.9 Å². The Morgan fingerprint density at radius 1 is 0.299 bits per heavy atom. The summed E-state index contributed by atoms with van der Waals surface area (Å²) in [5.41, 5.74) is 0. The Bertz CT molecular complexity index is 1130. The van der Waals surface area contributed by atoms with Crippen molar-refractivity contribution < 1.29 is 28.6 Å². The summed E-state index contributed by atoms with van der Waals surface area (Å²) in [6, 6.07) is 0. The van der Waals surface area contributed by atoms with Crippen molar-refractivity contribution in [1.82, 2.24) is 0 Å². The van der Waals surface area contributed by atoms with E-state index in [9.17, 15) is 14.4 Å². The highest BCUT2D eigenvalue weighted by Gasteiger charge is 2.19. The molecule has 392 valence electrons. The van der Waals surface area contributed by atoms with Gasteiger partial charge in [0.25, 0.3) is 0 Å². The molecule has 0 amide bonds. The van der Waals surface area contributed by atoms with E-state index in [4.69, 9.17) is 14.2 Å². The van der Waals surface area contributed by atoms with E-state index >= 15 is 0 Å². The van der Waals surface area contributed by atoms with Gasteiger partial charge in [-0.25, -0.2) is 0 Å². The summed E-state index contributed by atoms with van der Waals surface area (Å²) in [4.78, 5) is 38.2. The Labute approximate surface area is 416 Å². The van der Waals surface area contributed by atoms with Gasteiger partial charge in [0, 0.05) is 19.3 Å². The highest BCUT2D eigenvalue weighted by atomic mass is 16.6. The SMILES string of the molecule is CCCCC/C=C\C/C=C\CCCCCCCC(=O)OC[C@H](COC(=O)CCCCCCCCC/C=C\CCCCCC)OC(=O)CCCCCCCCCCCCCCCCCCCCC. The fourth-order valence-electron chi connectivity index (χ4n) is 8.65. The zero-order valence-electron chi connectivity index (χ0n) is 44.9. The second kappa shape index (κ2) is 56.2. The van der Waals surface area contributed by atoms with Crippen LogP contribution in [0.25, 0.3) is 0 Å². The van der Waals surface area contributed by atoms with Gasteiger partial charge in [-0.2, -0.15) is 0 Å². The van der Waals surface area contributed by atoms with Crippen LogP contribution < -0.4 is 0 Å². The summed E-state index contributed by atoms with van der Waals surface area (Å²) >= 11 is 0. The minimum Gasteiger partial charge on any atom is -0.462 e. The predicted molar refractivity (Wildman–Crippen MR) is 289 cm³/mol. The number of hydrogen-bond acceptors (Lipinski definition) is 6. The van der Waals surface area contributed by atoms with E-state index in [-0.39, 0.29) is 31.1 Å². The Balaban J connectivity index is 4.35. The van der Waals surface area contributed by atoms with E-state index in [0.29, 0.717) is 19.3 Å². The smallest absolute Gasteiger partial charge is 0.306 e. The molecule has 0 N–H and O–H groups in total. The maximum Gasteiger partial charge on any atom is 0.306 e. The number of hydrogen-bond donors (Lipinski definition) is 0.